The first-order chi connectivity index (χ1) is 7.61. The second-order valence-electron chi connectivity index (χ2n) is 4.09. The summed E-state index contributed by atoms with van der Waals surface area (Å²) < 4.78 is 0. The molecule has 0 spiro atoms. The molecule has 1 saturated heterocycles. The van der Waals surface area contributed by atoms with E-state index in [1.807, 2.05) is 13.0 Å². The minimum absolute atomic E-state index is 0.239. The van der Waals surface area contributed by atoms with Gasteiger partial charge >= 0.3 is 5.97 Å². The molecule has 1 N–H and O–H groups in total. The molecule has 1 aliphatic rings. The first-order valence-electron chi connectivity index (χ1n) is 5.38. The second kappa shape index (κ2) is 4.34. The van der Waals surface area contributed by atoms with Gasteiger partial charge in [-0.1, -0.05) is 17.7 Å². The Morgan fingerprint density at radius 3 is 2.56 bits per heavy atom. The first-order valence-corrected chi connectivity index (χ1v) is 5.76. The Kier molecular flexibility index (Phi) is 3.06. The Hall–Kier alpha value is -1.22. The number of carboxylic acid groups (broad SMARTS) is 1. The molecular formula is C12H14ClNO2. The van der Waals surface area contributed by atoms with Crippen molar-refractivity contribution in [2.45, 2.75) is 19.8 Å². The minimum atomic E-state index is -0.949. The van der Waals surface area contributed by atoms with Crippen molar-refractivity contribution in [3.05, 3.63) is 28.3 Å². The fourth-order valence-corrected chi connectivity index (χ4v) is 2.46. The molecular weight excluding hydrogens is 226 g/mol. The van der Waals surface area contributed by atoms with E-state index in [2.05, 4.69) is 4.90 Å². The summed E-state index contributed by atoms with van der Waals surface area (Å²) in [5.74, 6) is -0.949. The Balaban J connectivity index is 2.55. The molecule has 4 heteroatoms. The van der Waals surface area contributed by atoms with Crippen molar-refractivity contribution in [3.8, 4) is 0 Å². The number of halogens is 1. The molecule has 0 saturated carbocycles. The third-order valence-corrected chi connectivity index (χ3v) is 3.28. The van der Waals surface area contributed by atoms with Crippen LogP contribution in [0.5, 0.6) is 0 Å². The van der Waals surface area contributed by atoms with Gasteiger partial charge in [0, 0.05) is 13.1 Å². The van der Waals surface area contributed by atoms with Crippen LogP contribution in [-0.4, -0.2) is 24.2 Å². The molecule has 0 unspecified atom stereocenters. The van der Waals surface area contributed by atoms with Crippen LogP contribution in [0.25, 0.3) is 0 Å². The van der Waals surface area contributed by atoms with Gasteiger partial charge in [-0.2, -0.15) is 0 Å². The van der Waals surface area contributed by atoms with Crippen molar-refractivity contribution in [3.63, 3.8) is 0 Å². The molecule has 1 fully saturated rings. The van der Waals surface area contributed by atoms with Crippen molar-refractivity contribution in [2.75, 3.05) is 18.0 Å². The largest absolute Gasteiger partial charge is 0.478 e. The fraction of sp³-hybridized carbons (Fsp3) is 0.417. The van der Waals surface area contributed by atoms with E-state index in [1.54, 1.807) is 6.07 Å². The molecule has 1 aromatic rings. The lowest BCUT2D eigenvalue weighted by Crippen LogP contribution is -2.22. The van der Waals surface area contributed by atoms with Gasteiger partial charge < -0.3 is 10.0 Å². The zero-order valence-electron chi connectivity index (χ0n) is 9.16. The number of aryl methyl sites for hydroxylation is 1. The number of carboxylic acids is 1. The predicted octanol–water partition coefficient (Wildman–Crippen LogP) is 2.95. The maximum Gasteiger partial charge on any atom is 0.339 e. The van der Waals surface area contributed by atoms with Crippen LogP contribution in [-0.2, 0) is 0 Å². The molecule has 0 amide bonds. The maximum atomic E-state index is 11.2. The summed E-state index contributed by atoms with van der Waals surface area (Å²) in [6.07, 6.45) is 2.23. The van der Waals surface area contributed by atoms with E-state index in [9.17, 15) is 9.90 Å². The lowest BCUT2D eigenvalue weighted by Gasteiger charge is -2.22. The Morgan fingerprint density at radius 1 is 1.38 bits per heavy atom. The van der Waals surface area contributed by atoms with Crippen LogP contribution in [0.1, 0.15) is 28.8 Å². The van der Waals surface area contributed by atoms with Gasteiger partial charge in [0.15, 0.2) is 0 Å². The molecule has 0 bridgehead atoms. The summed E-state index contributed by atoms with van der Waals surface area (Å²) in [4.78, 5) is 13.4. The third-order valence-electron chi connectivity index (χ3n) is 2.96. The van der Waals surface area contributed by atoms with Crippen LogP contribution in [0.3, 0.4) is 0 Å². The number of rotatable bonds is 2. The van der Waals surface area contributed by atoms with Crippen LogP contribution < -0.4 is 4.90 Å². The van der Waals surface area contributed by atoms with Gasteiger partial charge in [-0.05, 0) is 31.4 Å². The molecule has 0 atom stereocenters. The number of carbonyl (C=O) groups is 1. The lowest BCUT2D eigenvalue weighted by molar-refractivity contribution is 0.0697. The summed E-state index contributed by atoms with van der Waals surface area (Å²) in [5, 5.41) is 9.54. The molecule has 1 heterocycles. The van der Waals surface area contributed by atoms with Crippen molar-refractivity contribution in [2.24, 2.45) is 0 Å². The predicted molar refractivity (Wildman–Crippen MR) is 64.6 cm³/mol. The lowest BCUT2D eigenvalue weighted by atomic mass is 10.1. The van der Waals surface area contributed by atoms with E-state index in [0.29, 0.717) is 5.02 Å². The highest BCUT2D eigenvalue weighted by Gasteiger charge is 2.23. The third kappa shape index (κ3) is 1.87. The summed E-state index contributed by atoms with van der Waals surface area (Å²) in [6, 6.07) is 3.53. The molecule has 16 heavy (non-hydrogen) atoms. The van der Waals surface area contributed by atoms with Crippen molar-refractivity contribution in [1.82, 2.24) is 0 Å². The van der Waals surface area contributed by atoms with Gasteiger partial charge in [0.2, 0.25) is 0 Å². The van der Waals surface area contributed by atoms with Gasteiger partial charge in [0.25, 0.3) is 0 Å². The highest BCUT2D eigenvalue weighted by Crippen LogP contribution is 2.33. The van der Waals surface area contributed by atoms with Gasteiger partial charge in [0.1, 0.15) is 5.56 Å². The summed E-state index contributed by atoms with van der Waals surface area (Å²) >= 11 is 5.97. The topological polar surface area (TPSA) is 40.5 Å². The van der Waals surface area contributed by atoms with Gasteiger partial charge in [-0.25, -0.2) is 4.79 Å². The summed E-state index contributed by atoms with van der Waals surface area (Å²) in [7, 11) is 0. The van der Waals surface area contributed by atoms with Crippen LogP contribution >= 0.6 is 11.6 Å². The molecule has 2 rings (SSSR count). The molecule has 0 aromatic heterocycles. The van der Waals surface area contributed by atoms with E-state index < -0.39 is 5.97 Å². The highest BCUT2D eigenvalue weighted by molar-refractivity contribution is 6.34. The number of hydrogen-bond acceptors (Lipinski definition) is 2. The first kappa shape index (κ1) is 11.3. The number of benzene rings is 1. The van der Waals surface area contributed by atoms with Crippen molar-refractivity contribution in [1.29, 1.82) is 0 Å². The Labute approximate surface area is 99.6 Å². The second-order valence-corrected chi connectivity index (χ2v) is 4.49. The fourth-order valence-electron chi connectivity index (χ4n) is 2.22. The van der Waals surface area contributed by atoms with Crippen LogP contribution in [0.4, 0.5) is 5.69 Å². The van der Waals surface area contributed by atoms with Crippen molar-refractivity contribution >= 4 is 23.3 Å². The number of anilines is 1. The SMILES string of the molecule is Cc1ccc(Cl)c(C(=O)O)c1N1CCCC1. The summed E-state index contributed by atoms with van der Waals surface area (Å²) in [6.45, 7) is 3.76. The van der Waals surface area contributed by atoms with Crippen LogP contribution in [0.2, 0.25) is 5.02 Å². The standard InChI is InChI=1S/C12H14ClNO2/c1-8-4-5-9(13)10(12(15)16)11(8)14-6-2-3-7-14/h4-5H,2-3,6-7H2,1H3,(H,15,16). The van der Waals surface area contributed by atoms with Gasteiger partial charge in [-0.15, -0.1) is 0 Å². The van der Waals surface area contributed by atoms with Gasteiger partial charge in [-0.3, -0.25) is 0 Å². The smallest absolute Gasteiger partial charge is 0.339 e. The zero-order chi connectivity index (χ0) is 11.7. The number of hydrogen-bond donors (Lipinski definition) is 1. The highest BCUT2D eigenvalue weighted by atomic mass is 35.5. The van der Waals surface area contributed by atoms with Crippen LogP contribution in [0, 0.1) is 6.92 Å². The van der Waals surface area contributed by atoms with E-state index in [-0.39, 0.29) is 5.56 Å². The van der Waals surface area contributed by atoms with E-state index in [0.717, 1.165) is 37.2 Å². The molecule has 0 radical (unpaired) electrons. The molecule has 1 aromatic carbocycles. The summed E-state index contributed by atoms with van der Waals surface area (Å²) in [5.41, 5.74) is 2.00. The minimum Gasteiger partial charge on any atom is -0.478 e. The molecule has 0 aliphatic carbocycles. The number of nitrogens with zero attached hydrogens (tertiary/aromatic N) is 1. The molecule has 86 valence electrons. The molecule has 3 nitrogen and oxygen atoms in total. The average molecular weight is 240 g/mol. The number of aromatic carboxylic acids is 1. The quantitative estimate of drug-likeness (QED) is 0.863. The maximum absolute atomic E-state index is 11.2. The Bertz CT molecular complexity index is 425. The van der Waals surface area contributed by atoms with Crippen LogP contribution in [0.15, 0.2) is 12.1 Å². The monoisotopic (exact) mass is 239 g/mol. The molecule has 1 aliphatic heterocycles. The van der Waals surface area contributed by atoms with Gasteiger partial charge in [0.05, 0.1) is 10.7 Å². The Morgan fingerprint density at radius 2 is 2.00 bits per heavy atom. The van der Waals surface area contributed by atoms with E-state index >= 15 is 0 Å². The zero-order valence-corrected chi connectivity index (χ0v) is 9.92. The average Bonchev–Trinajstić information content (AvgIpc) is 2.73. The van der Waals surface area contributed by atoms with E-state index in [4.69, 9.17) is 11.6 Å². The van der Waals surface area contributed by atoms with Crippen molar-refractivity contribution < 1.29 is 9.90 Å². The van der Waals surface area contributed by atoms with E-state index in [1.165, 1.54) is 0 Å². The normalized spacial score (nSPS) is 15.5.